The number of ether oxygens (including phenoxy) is 1. The topological polar surface area (TPSA) is 53.1 Å². The van der Waals surface area contributed by atoms with Crippen LogP contribution >= 0.6 is 0 Å². The number of rotatable bonds is 5. The van der Waals surface area contributed by atoms with Crippen molar-refractivity contribution in [1.29, 1.82) is 0 Å². The smallest absolute Gasteiger partial charge is 0.253 e. The van der Waals surface area contributed by atoms with E-state index in [0.717, 1.165) is 25.9 Å². The minimum atomic E-state index is -0.316. The van der Waals surface area contributed by atoms with Gasteiger partial charge in [-0.15, -0.1) is 0 Å². The molecule has 0 saturated carbocycles. The summed E-state index contributed by atoms with van der Waals surface area (Å²) >= 11 is 0. The van der Waals surface area contributed by atoms with Crippen molar-refractivity contribution in [1.82, 2.24) is 14.7 Å². The second-order valence-corrected chi connectivity index (χ2v) is 8.09. The van der Waals surface area contributed by atoms with Gasteiger partial charge in [-0.05, 0) is 67.8 Å². The first-order chi connectivity index (χ1) is 15.1. The van der Waals surface area contributed by atoms with Gasteiger partial charge in [-0.3, -0.25) is 14.5 Å². The number of likely N-dealkylation sites (tertiary alicyclic amines) is 1. The Bertz CT molecular complexity index is 887. The van der Waals surface area contributed by atoms with Crippen molar-refractivity contribution in [3.8, 4) is 11.5 Å². The van der Waals surface area contributed by atoms with Gasteiger partial charge in [-0.25, -0.2) is 4.39 Å². The van der Waals surface area contributed by atoms with Gasteiger partial charge in [0, 0.05) is 44.8 Å². The molecule has 31 heavy (non-hydrogen) atoms. The van der Waals surface area contributed by atoms with Crippen LogP contribution in [-0.2, 0) is 4.79 Å². The number of benzene rings is 2. The molecule has 2 aliphatic rings. The molecule has 0 atom stereocenters. The third kappa shape index (κ3) is 5.61. The molecule has 7 heteroatoms. The zero-order valence-electron chi connectivity index (χ0n) is 17.6. The van der Waals surface area contributed by atoms with Crippen LogP contribution in [0.2, 0.25) is 0 Å². The lowest BCUT2D eigenvalue weighted by Gasteiger charge is -2.36. The molecule has 164 valence electrons. The molecule has 0 aromatic heterocycles. The summed E-state index contributed by atoms with van der Waals surface area (Å²) in [6.45, 7) is 4.82. The molecule has 2 saturated heterocycles. The van der Waals surface area contributed by atoms with Crippen LogP contribution in [0, 0.1) is 5.82 Å². The van der Waals surface area contributed by atoms with Crippen molar-refractivity contribution in [2.75, 3.05) is 45.8 Å². The highest BCUT2D eigenvalue weighted by Crippen LogP contribution is 2.22. The van der Waals surface area contributed by atoms with E-state index < -0.39 is 0 Å². The summed E-state index contributed by atoms with van der Waals surface area (Å²) in [5.41, 5.74) is 0.601. The maximum absolute atomic E-state index is 13.0. The Balaban J connectivity index is 1.26. The normalized spacial score (nSPS) is 17.5. The van der Waals surface area contributed by atoms with Crippen molar-refractivity contribution in [3.63, 3.8) is 0 Å². The molecule has 0 radical (unpaired) electrons. The fourth-order valence-corrected chi connectivity index (χ4v) is 4.03. The lowest BCUT2D eigenvalue weighted by molar-refractivity contribution is -0.133. The first-order valence-electron chi connectivity index (χ1n) is 10.9. The van der Waals surface area contributed by atoms with Crippen LogP contribution in [0.15, 0.2) is 48.5 Å². The van der Waals surface area contributed by atoms with E-state index in [1.54, 1.807) is 36.4 Å². The minimum Gasteiger partial charge on any atom is -0.457 e. The molecule has 0 unspecified atom stereocenters. The van der Waals surface area contributed by atoms with E-state index in [2.05, 4.69) is 4.90 Å². The standard InChI is InChI=1S/C24H28FN3O3/c25-20-6-10-22(11-7-20)31-21-8-4-19(5-9-21)24(30)28-16-14-26(15-17-28)18-23(29)27-12-2-1-3-13-27/h4-11H,1-3,12-18H2. The second-order valence-electron chi connectivity index (χ2n) is 8.09. The number of amides is 2. The number of nitrogens with zero attached hydrogens (tertiary/aromatic N) is 3. The second kappa shape index (κ2) is 9.92. The predicted octanol–water partition coefficient (Wildman–Crippen LogP) is 3.39. The molecule has 4 rings (SSSR count). The first-order valence-corrected chi connectivity index (χ1v) is 10.9. The van der Waals surface area contributed by atoms with E-state index in [-0.39, 0.29) is 17.6 Å². The number of hydrogen-bond acceptors (Lipinski definition) is 4. The summed E-state index contributed by atoms with van der Waals surface area (Å²) < 4.78 is 18.7. The first kappa shape index (κ1) is 21.3. The minimum absolute atomic E-state index is 0.0182. The van der Waals surface area contributed by atoms with Crippen molar-refractivity contribution < 1.29 is 18.7 Å². The predicted molar refractivity (Wildman–Crippen MR) is 116 cm³/mol. The summed E-state index contributed by atoms with van der Waals surface area (Å²) in [6.07, 6.45) is 3.41. The Morgan fingerprint density at radius 2 is 1.32 bits per heavy atom. The van der Waals surface area contributed by atoms with E-state index in [9.17, 15) is 14.0 Å². The van der Waals surface area contributed by atoms with Crippen molar-refractivity contribution in [2.45, 2.75) is 19.3 Å². The van der Waals surface area contributed by atoms with E-state index in [4.69, 9.17) is 4.74 Å². The fourth-order valence-electron chi connectivity index (χ4n) is 4.03. The Hall–Kier alpha value is -2.93. The van der Waals surface area contributed by atoms with E-state index in [1.165, 1.54) is 18.6 Å². The van der Waals surface area contributed by atoms with Gasteiger partial charge >= 0.3 is 0 Å². The summed E-state index contributed by atoms with van der Waals surface area (Å²) in [5.74, 6) is 0.996. The van der Waals surface area contributed by atoms with Gasteiger partial charge in [-0.1, -0.05) is 0 Å². The highest BCUT2D eigenvalue weighted by Gasteiger charge is 2.25. The van der Waals surface area contributed by atoms with Crippen LogP contribution in [-0.4, -0.2) is 72.3 Å². The highest BCUT2D eigenvalue weighted by atomic mass is 19.1. The summed E-state index contributed by atoms with van der Waals surface area (Å²) in [5, 5.41) is 0. The Kier molecular flexibility index (Phi) is 6.82. The summed E-state index contributed by atoms with van der Waals surface area (Å²) in [4.78, 5) is 31.2. The molecule has 6 nitrogen and oxygen atoms in total. The van der Waals surface area contributed by atoms with E-state index in [0.29, 0.717) is 49.8 Å². The zero-order chi connectivity index (χ0) is 21.6. The zero-order valence-corrected chi connectivity index (χ0v) is 17.6. The van der Waals surface area contributed by atoms with Crippen molar-refractivity contribution >= 4 is 11.8 Å². The Morgan fingerprint density at radius 1 is 0.742 bits per heavy atom. The number of hydrogen-bond donors (Lipinski definition) is 0. The van der Waals surface area contributed by atoms with Gasteiger partial charge in [0.05, 0.1) is 6.54 Å². The third-order valence-electron chi connectivity index (χ3n) is 5.88. The summed E-state index contributed by atoms with van der Waals surface area (Å²) in [6, 6.07) is 12.8. The average molecular weight is 426 g/mol. The lowest BCUT2D eigenvalue weighted by Crippen LogP contribution is -2.52. The molecule has 0 N–H and O–H groups in total. The number of carbonyl (C=O) groups excluding carboxylic acids is 2. The van der Waals surface area contributed by atoms with Gasteiger partial charge in [0.1, 0.15) is 17.3 Å². The molecule has 0 aliphatic carbocycles. The number of halogens is 1. The maximum atomic E-state index is 13.0. The van der Waals surface area contributed by atoms with Crippen LogP contribution in [0.1, 0.15) is 29.6 Å². The fraction of sp³-hybridized carbons (Fsp3) is 0.417. The molecule has 0 bridgehead atoms. The Labute approximate surface area is 182 Å². The van der Waals surface area contributed by atoms with Crippen LogP contribution in [0.4, 0.5) is 4.39 Å². The third-order valence-corrected chi connectivity index (χ3v) is 5.88. The van der Waals surface area contributed by atoms with Gasteiger partial charge in [0.2, 0.25) is 5.91 Å². The molecule has 2 aliphatic heterocycles. The molecular formula is C24H28FN3O3. The highest BCUT2D eigenvalue weighted by molar-refractivity contribution is 5.94. The van der Waals surface area contributed by atoms with Gasteiger partial charge in [0.25, 0.3) is 5.91 Å². The molecule has 2 aromatic carbocycles. The quantitative estimate of drug-likeness (QED) is 0.737. The number of piperidine rings is 1. The lowest BCUT2D eigenvalue weighted by atomic mass is 10.1. The SMILES string of the molecule is O=C(CN1CCN(C(=O)c2ccc(Oc3ccc(F)cc3)cc2)CC1)N1CCCCC1. The van der Waals surface area contributed by atoms with Crippen LogP contribution in [0.3, 0.4) is 0 Å². The molecule has 2 heterocycles. The average Bonchev–Trinajstić information content (AvgIpc) is 2.82. The van der Waals surface area contributed by atoms with E-state index >= 15 is 0 Å². The van der Waals surface area contributed by atoms with Crippen molar-refractivity contribution in [2.24, 2.45) is 0 Å². The molecule has 2 aromatic rings. The molecule has 0 spiro atoms. The van der Waals surface area contributed by atoms with Gasteiger partial charge < -0.3 is 14.5 Å². The van der Waals surface area contributed by atoms with Gasteiger partial charge in [-0.2, -0.15) is 0 Å². The number of piperazine rings is 1. The largest absolute Gasteiger partial charge is 0.457 e. The maximum Gasteiger partial charge on any atom is 0.253 e. The van der Waals surface area contributed by atoms with Crippen LogP contribution in [0.25, 0.3) is 0 Å². The summed E-state index contributed by atoms with van der Waals surface area (Å²) in [7, 11) is 0. The monoisotopic (exact) mass is 425 g/mol. The Morgan fingerprint density at radius 3 is 1.94 bits per heavy atom. The van der Waals surface area contributed by atoms with E-state index in [1.807, 2.05) is 9.80 Å². The molecule has 2 fully saturated rings. The van der Waals surface area contributed by atoms with Gasteiger partial charge in [0.15, 0.2) is 0 Å². The number of carbonyl (C=O) groups is 2. The molecule has 2 amide bonds. The molecular weight excluding hydrogens is 397 g/mol. The van der Waals surface area contributed by atoms with Crippen LogP contribution in [0.5, 0.6) is 11.5 Å². The van der Waals surface area contributed by atoms with Crippen LogP contribution < -0.4 is 4.74 Å². The van der Waals surface area contributed by atoms with Crippen molar-refractivity contribution in [3.05, 3.63) is 59.9 Å².